The van der Waals surface area contributed by atoms with Crippen LogP contribution in [0.2, 0.25) is 0 Å². The van der Waals surface area contributed by atoms with Crippen LogP contribution in [0.4, 0.5) is 0 Å². The lowest BCUT2D eigenvalue weighted by Crippen LogP contribution is -2.43. The van der Waals surface area contributed by atoms with Gasteiger partial charge in [0, 0.05) is 19.6 Å². The van der Waals surface area contributed by atoms with Gasteiger partial charge >= 0.3 is 0 Å². The SMILES string of the molecule is C#CCC(=O)NCC1(O)CCOC1. The third-order valence-corrected chi connectivity index (χ3v) is 1.96. The van der Waals surface area contributed by atoms with E-state index in [0.717, 1.165) is 0 Å². The van der Waals surface area contributed by atoms with Gasteiger partial charge in [-0.2, -0.15) is 0 Å². The second-order valence-electron chi connectivity index (χ2n) is 3.18. The fraction of sp³-hybridized carbons (Fsp3) is 0.667. The molecule has 1 fully saturated rings. The van der Waals surface area contributed by atoms with Crippen molar-refractivity contribution in [1.29, 1.82) is 0 Å². The molecule has 1 heterocycles. The van der Waals surface area contributed by atoms with Gasteiger partial charge in [-0.25, -0.2) is 0 Å². The molecule has 1 rings (SSSR count). The van der Waals surface area contributed by atoms with Crippen LogP contribution in [0.25, 0.3) is 0 Å². The van der Waals surface area contributed by atoms with Crippen molar-refractivity contribution in [2.75, 3.05) is 19.8 Å². The second-order valence-corrected chi connectivity index (χ2v) is 3.18. The maximum absolute atomic E-state index is 10.9. The predicted octanol–water partition coefficient (Wildman–Crippen LogP) is -0.723. The average Bonchev–Trinajstić information content (AvgIpc) is 2.51. The number of nitrogens with one attached hydrogen (secondary N) is 1. The molecular weight excluding hydrogens is 170 g/mol. The summed E-state index contributed by atoms with van der Waals surface area (Å²) >= 11 is 0. The van der Waals surface area contributed by atoms with Gasteiger partial charge in [-0.1, -0.05) is 5.92 Å². The Kier molecular flexibility index (Phi) is 3.29. The van der Waals surface area contributed by atoms with E-state index >= 15 is 0 Å². The minimum atomic E-state index is -0.899. The van der Waals surface area contributed by atoms with Crippen molar-refractivity contribution in [1.82, 2.24) is 5.32 Å². The molecule has 4 nitrogen and oxygen atoms in total. The van der Waals surface area contributed by atoms with Crippen LogP contribution >= 0.6 is 0 Å². The summed E-state index contributed by atoms with van der Waals surface area (Å²) in [4.78, 5) is 10.9. The summed E-state index contributed by atoms with van der Waals surface area (Å²) in [6, 6.07) is 0. The van der Waals surface area contributed by atoms with E-state index in [1.54, 1.807) is 0 Å². The van der Waals surface area contributed by atoms with E-state index < -0.39 is 5.60 Å². The number of carbonyl (C=O) groups excluding carboxylic acids is 1. The molecule has 2 N–H and O–H groups in total. The van der Waals surface area contributed by atoms with Gasteiger partial charge in [0.25, 0.3) is 0 Å². The lowest BCUT2D eigenvalue weighted by atomic mass is 10.0. The molecule has 4 heteroatoms. The molecule has 72 valence electrons. The van der Waals surface area contributed by atoms with Crippen molar-refractivity contribution in [3.8, 4) is 12.3 Å². The molecule has 0 aromatic carbocycles. The number of carbonyl (C=O) groups is 1. The number of amides is 1. The molecule has 0 radical (unpaired) electrons. The normalized spacial score (nSPS) is 26.8. The molecular formula is C9H13NO3. The minimum Gasteiger partial charge on any atom is -0.386 e. The van der Waals surface area contributed by atoms with E-state index in [0.29, 0.717) is 13.0 Å². The number of ether oxygens (including phenoxy) is 1. The van der Waals surface area contributed by atoms with Crippen LogP contribution in [0.3, 0.4) is 0 Å². The quantitative estimate of drug-likeness (QED) is 0.567. The molecule has 0 aliphatic carbocycles. The Morgan fingerprint density at radius 3 is 3.08 bits per heavy atom. The van der Waals surface area contributed by atoms with Crippen LogP contribution in [0, 0.1) is 12.3 Å². The zero-order chi connectivity index (χ0) is 9.73. The third-order valence-electron chi connectivity index (χ3n) is 1.96. The van der Waals surface area contributed by atoms with Gasteiger partial charge in [0.15, 0.2) is 0 Å². The van der Waals surface area contributed by atoms with Crippen LogP contribution in [0.5, 0.6) is 0 Å². The molecule has 0 saturated carbocycles. The number of terminal acetylenes is 1. The van der Waals surface area contributed by atoms with Crippen molar-refractivity contribution in [3.63, 3.8) is 0 Å². The maximum Gasteiger partial charge on any atom is 0.232 e. The van der Waals surface area contributed by atoms with Gasteiger partial charge in [0.1, 0.15) is 5.60 Å². The number of hydrogen-bond donors (Lipinski definition) is 2. The lowest BCUT2D eigenvalue weighted by molar-refractivity contribution is -0.121. The summed E-state index contributed by atoms with van der Waals surface area (Å²) < 4.78 is 5.01. The molecule has 0 aromatic heterocycles. The van der Waals surface area contributed by atoms with Crippen LogP contribution in [-0.4, -0.2) is 36.4 Å². The first-order valence-electron chi connectivity index (χ1n) is 4.17. The van der Waals surface area contributed by atoms with Gasteiger partial charge in [-0.3, -0.25) is 4.79 Å². The van der Waals surface area contributed by atoms with Crippen LogP contribution in [0.1, 0.15) is 12.8 Å². The predicted molar refractivity (Wildman–Crippen MR) is 46.8 cm³/mol. The highest BCUT2D eigenvalue weighted by atomic mass is 16.5. The molecule has 1 aliphatic heterocycles. The van der Waals surface area contributed by atoms with E-state index in [4.69, 9.17) is 11.2 Å². The highest BCUT2D eigenvalue weighted by Gasteiger charge is 2.32. The van der Waals surface area contributed by atoms with Crippen LogP contribution in [-0.2, 0) is 9.53 Å². The standard InChI is InChI=1S/C9H13NO3/c1-2-3-8(11)10-6-9(12)4-5-13-7-9/h1,12H,3-7H2,(H,10,11). The molecule has 13 heavy (non-hydrogen) atoms. The third kappa shape index (κ3) is 3.05. The van der Waals surface area contributed by atoms with Crippen molar-refractivity contribution >= 4 is 5.91 Å². The highest BCUT2D eigenvalue weighted by Crippen LogP contribution is 2.16. The number of rotatable bonds is 3. The zero-order valence-corrected chi connectivity index (χ0v) is 7.38. The zero-order valence-electron chi connectivity index (χ0n) is 7.38. The van der Waals surface area contributed by atoms with Crippen LogP contribution in [0.15, 0.2) is 0 Å². The maximum atomic E-state index is 10.9. The molecule has 0 spiro atoms. The number of hydrogen-bond acceptors (Lipinski definition) is 3. The molecule has 1 saturated heterocycles. The van der Waals surface area contributed by atoms with Gasteiger partial charge in [-0.15, -0.1) is 6.42 Å². The summed E-state index contributed by atoms with van der Waals surface area (Å²) in [6.45, 7) is 1.04. The van der Waals surface area contributed by atoms with Crippen molar-refractivity contribution in [2.24, 2.45) is 0 Å². The summed E-state index contributed by atoms with van der Waals surface area (Å²) in [5.74, 6) is 2.00. The molecule has 1 atom stereocenters. The summed E-state index contributed by atoms with van der Waals surface area (Å²) in [7, 11) is 0. The Bertz CT molecular complexity index is 226. The molecule has 1 unspecified atom stereocenters. The van der Waals surface area contributed by atoms with Gasteiger partial charge in [-0.05, 0) is 0 Å². The highest BCUT2D eigenvalue weighted by molar-refractivity contribution is 5.78. The number of aliphatic hydroxyl groups is 1. The van der Waals surface area contributed by atoms with Gasteiger partial charge < -0.3 is 15.2 Å². The molecule has 1 amide bonds. The lowest BCUT2D eigenvalue weighted by Gasteiger charge is -2.20. The van der Waals surface area contributed by atoms with E-state index in [1.807, 2.05) is 0 Å². The monoisotopic (exact) mass is 183 g/mol. The summed E-state index contributed by atoms with van der Waals surface area (Å²) in [6.07, 6.45) is 5.56. The smallest absolute Gasteiger partial charge is 0.232 e. The molecule has 0 aromatic rings. The first-order chi connectivity index (χ1) is 6.16. The van der Waals surface area contributed by atoms with Gasteiger partial charge in [0.2, 0.25) is 5.91 Å². The Balaban J connectivity index is 2.25. The van der Waals surface area contributed by atoms with E-state index in [2.05, 4.69) is 11.2 Å². The second kappa shape index (κ2) is 4.26. The Hall–Kier alpha value is -1.05. The fourth-order valence-corrected chi connectivity index (χ4v) is 1.15. The summed E-state index contributed by atoms with van der Waals surface area (Å²) in [5.41, 5.74) is -0.899. The largest absolute Gasteiger partial charge is 0.386 e. The van der Waals surface area contributed by atoms with Crippen molar-refractivity contribution in [3.05, 3.63) is 0 Å². The van der Waals surface area contributed by atoms with Gasteiger partial charge in [0.05, 0.1) is 13.0 Å². The van der Waals surface area contributed by atoms with E-state index in [9.17, 15) is 9.90 Å². The molecule has 1 aliphatic rings. The Morgan fingerprint density at radius 1 is 1.77 bits per heavy atom. The first-order valence-corrected chi connectivity index (χ1v) is 4.17. The summed E-state index contributed by atoms with van der Waals surface area (Å²) in [5, 5.41) is 12.3. The van der Waals surface area contributed by atoms with Crippen molar-refractivity contribution < 1.29 is 14.6 Å². The Morgan fingerprint density at radius 2 is 2.54 bits per heavy atom. The fourth-order valence-electron chi connectivity index (χ4n) is 1.15. The van der Waals surface area contributed by atoms with E-state index in [1.165, 1.54) is 0 Å². The first kappa shape index (κ1) is 10.0. The minimum absolute atomic E-state index is 0.0525. The average molecular weight is 183 g/mol. The van der Waals surface area contributed by atoms with E-state index in [-0.39, 0.29) is 25.5 Å². The molecule has 0 bridgehead atoms. The topological polar surface area (TPSA) is 58.6 Å². The van der Waals surface area contributed by atoms with Crippen molar-refractivity contribution in [2.45, 2.75) is 18.4 Å². The van der Waals surface area contributed by atoms with Crippen LogP contribution < -0.4 is 5.32 Å². The Labute approximate surface area is 77.3 Å².